The first kappa shape index (κ1) is 14.9. The van der Waals surface area contributed by atoms with Crippen molar-refractivity contribution in [1.29, 1.82) is 0 Å². The second-order valence-electron chi connectivity index (χ2n) is 4.93. The van der Waals surface area contributed by atoms with Crippen molar-refractivity contribution in [2.24, 2.45) is 0 Å². The molecule has 0 saturated carbocycles. The van der Waals surface area contributed by atoms with Crippen LogP contribution in [0.5, 0.6) is 5.75 Å². The minimum absolute atomic E-state index is 0.0330. The van der Waals surface area contributed by atoms with E-state index in [4.69, 9.17) is 21.1 Å². The first-order valence-corrected chi connectivity index (χ1v) is 8.37. The van der Waals surface area contributed by atoms with Crippen molar-refractivity contribution < 1.29 is 9.47 Å². The molecule has 1 aromatic carbocycles. The molecule has 0 spiro atoms. The number of hydrogen-bond acceptors (Lipinski definition) is 4. The standard InChI is InChI=1S/C16H18ClNO2S/c1-19-14-4-2-3-11(13(14)9-17)10-20-16-12-6-8-21-15(12)5-7-18-16/h2-4,6,8,16,18H,5,7,9-10H2,1H3. The molecule has 21 heavy (non-hydrogen) atoms. The maximum Gasteiger partial charge on any atom is 0.135 e. The van der Waals surface area contributed by atoms with Gasteiger partial charge in [0, 0.05) is 22.5 Å². The average molecular weight is 324 g/mol. The van der Waals surface area contributed by atoms with Crippen molar-refractivity contribution in [2.75, 3.05) is 13.7 Å². The number of fused-ring (bicyclic) bond motifs is 1. The van der Waals surface area contributed by atoms with Gasteiger partial charge in [-0.15, -0.1) is 22.9 Å². The molecule has 3 nitrogen and oxygen atoms in total. The number of thiophene rings is 1. The van der Waals surface area contributed by atoms with Crippen molar-refractivity contribution >= 4 is 22.9 Å². The van der Waals surface area contributed by atoms with E-state index < -0.39 is 0 Å². The highest BCUT2D eigenvalue weighted by molar-refractivity contribution is 7.10. The number of hydrogen-bond donors (Lipinski definition) is 1. The van der Waals surface area contributed by atoms with E-state index in [0.717, 1.165) is 29.8 Å². The molecule has 0 fully saturated rings. The van der Waals surface area contributed by atoms with Crippen LogP contribution in [0.15, 0.2) is 29.6 Å². The third kappa shape index (κ3) is 3.09. The largest absolute Gasteiger partial charge is 0.496 e. The fraction of sp³-hybridized carbons (Fsp3) is 0.375. The Kier molecular flexibility index (Phi) is 4.80. The van der Waals surface area contributed by atoms with Crippen LogP contribution in [0.2, 0.25) is 0 Å². The normalized spacial score (nSPS) is 17.5. The lowest BCUT2D eigenvalue weighted by atomic mass is 10.1. The van der Waals surface area contributed by atoms with Crippen molar-refractivity contribution in [2.45, 2.75) is 25.1 Å². The van der Waals surface area contributed by atoms with Gasteiger partial charge < -0.3 is 9.47 Å². The van der Waals surface area contributed by atoms with Crippen LogP contribution in [0.25, 0.3) is 0 Å². The van der Waals surface area contributed by atoms with Crippen LogP contribution in [-0.2, 0) is 23.6 Å². The Balaban J connectivity index is 1.75. The summed E-state index contributed by atoms with van der Waals surface area (Å²) in [6.45, 7) is 1.48. The fourth-order valence-electron chi connectivity index (χ4n) is 2.63. The van der Waals surface area contributed by atoms with E-state index in [0.29, 0.717) is 12.5 Å². The van der Waals surface area contributed by atoms with Crippen LogP contribution in [-0.4, -0.2) is 13.7 Å². The summed E-state index contributed by atoms with van der Waals surface area (Å²) in [6.07, 6.45) is 1.05. The number of rotatable bonds is 5. The van der Waals surface area contributed by atoms with Crippen LogP contribution < -0.4 is 10.1 Å². The van der Waals surface area contributed by atoms with Gasteiger partial charge in [0.15, 0.2) is 0 Å². The molecule has 1 aliphatic rings. The molecule has 2 aromatic rings. The van der Waals surface area contributed by atoms with Crippen LogP contribution in [0.1, 0.15) is 27.8 Å². The van der Waals surface area contributed by atoms with Crippen LogP contribution in [0.4, 0.5) is 0 Å². The van der Waals surface area contributed by atoms with Crippen LogP contribution >= 0.6 is 22.9 Å². The summed E-state index contributed by atoms with van der Waals surface area (Å²) in [7, 11) is 1.66. The quantitative estimate of drug-likeness (QED) is 0.848. The minimum Gasteiger partial charge on any atom is -0.496 e. The number of nitrogens with one attached hydrogen (secondary N) is 1. The van der Waals surface area contributed by atoms with Gasteiger partial charge in [0.05, 0.1) is 19.6 Å². The summed E-state index contributed by atoms with van der Waals surface area (Å²) in [5.74, 6) is 1.24. The molecule has 0 aliphatic carbocycles. The van der Waals surface area contributed by atoms with Crippen molar-refractivity contribution in [3.05, 3.63) is 51.2 Å². The Morgan fingerprint density at radius 1 is 1.38 bits per heavy atom. The molecule has 5 heteroatoms. The van der Waals surface area contributed by atoms with Gasteiger partial charge >= 0.3 is 0 Å². The van der Waals surface area contributed by atoms with Gasteiger partial charge in [0.2, 0.25) is 0 Å². The molecule has 0 amide bonds. The van der Waals surface area contributed by atoms with Crippen molar-refractivity contribution in [1.82, 2.24) is 5.32 Å². The lowest BCUT2D eigenvalue weighted by Crippen LogP contribution is -2.30. The number of alkyl halides is 1. The smallest absolute Gasteiger partial charge is 0.135 e. The van der Waals surface area contributed by atoms with E-state index in [9.17, 15) is 0 Å². The van der Waals surface area contributed by atoms with Crippen LogP contribution in [0, 0.1) is 0 Å². The number of benzene rings is 1. The SMILES string of the molecule is COc1cccc(COC2NCCc3sccc32)c1CCl. The lowest BCUT2D eigenvalue weighted by molar-refractivity contribution is 0.0123. The van der Waals surface area contributed by atoms with E-state index in [1.165, 1.54) is 10.4 Å². The van der Waals surface area contributed by atoms with Crippen molar-refractivity contribution in [3.63, 3.8) is 0 Å². The second kappa shape index (κ2) is 6.79. The molecular formula is C16H18ClNO2S. The summed E-state index contributed by atoms with van der Waals surface area (Å²) in [6, 6.07) is 8.08. The predicted octanol–water partition coefficient (Wildman–Crippen LogP) is 3.86. The van der Waals surface area contributed by atoms with Gasteiger partial charge in [0.25, 0.3) is 0 Å². The molecule has 2 heterocycles. The van der Waals surface area contributed by atoms with Gasteiger partial charge in [-0.1, -0.05) is 12.1 Å². The van der Waals surface area contributed by atoms with Crippen molar-refractivity contribution in [3.8, 4) is 5.75 Å². The van der Waals surface area contributed by atoms with E-state index in [1.54, 1.807) is 18.4 Å². The summed E-state index contributed by atoms with van der Waals surface area (Å²) in [5.41, 5.74) is 3.35. The number of methoxy groups -OCH3 is 1. The Morgan fingerprint density at radius 3 is 3.10 bits per heavy atom. The summed E-state index contributed by atoms with van der Waals surface area (Å²) < 4.78 is 11.4. The summed E-state index contributed by atoms with van der Waals surface area (Å²) in [5, 5.41) is 5.55. The zero-order chi connectivity index (χ0) is 14.7. The monoisotopic (exact) mass is 323 g/mol. The molecule has 1 aromatic heterocycles. The van der Waals surface area contributed by atoms with E-state index in [2.05, 4.69) is 16.8 Å². The Bertz CT molecular complexity index is 614. The van der Waals surface area contributed by atoms with Crippen LogP contribution in [0.3, 0.4) is 0 Å². The van der Waals surface area contributed by atoms with Gasteiger partial charge in [-0.2, -0.15) is 0 Å². The Labute approximate surface area is 133 Å². The average Bonchev–Trinajstić information content (AvgIpc) is 3.01. The Morgan fingerprint density at radius 2 is 2.29 bits per heavy atom. The van der Waals surface area contributed by atoms with E-state index in [-0.39, 0.29) is 6.23 Å². The maximum absolute atomic E-state index is 6.08. The summed E-state index contributed by atoms with van der Waals surface area (Å²) in [4.78, 5) is 1.42. The van der Waals surface area contributed by atoms with Gasteiger partial charge in [-0.25, -0.2) is 0 Å². The zero-order valence-electron chi connectivity index (χ0n) is 11.9. The van der Waals surface area contributed by atoms with Gasteiger partial charge in [-0.05, 0) is 29.5 Å². The lowest BCUT2D eigenvalue weighted by Gasteiger charge is -2.25. The third-order valence-electron chi connectivity index (χ3n) is 3.73. The molecule has 1 N–H and O–H groups in total. The molecule has 1 atom stereocenters. The molecule has 0 radical (unpaired) electrons. The van der Waals surface area contributed by atoms with E-state index in [1.807, 2.05) is 18.2 Å². The Hall–Kier alpha value is -1.07. The molecule has 1 unspecified atom stereocenters. The second-order valence-corrected chi connectivity index (χ2v) is 6.19. The molecule has 112 valence electrons. The molecule has 1 aliphatic heterocycles. The maximum atomic E-state index is 6.08. The topological polar surface area (TPSA) is 30.5 Å². The zero-order valence-corrected chi connectivity index (χ0v) is 13.5. The fourth-order valence-corrected chi connectivity index (χ4v) is 3.84. The third-order valence-corrected chi connectivity index (χ3v) is 5.00. The number of halogens is 1. The summed E-state index contributed by atoms with van der Waals surface area (Å²) >= 11 is 7.86. The highest BCUT2D eigenvalue weighted by Gasteiger charge is 2.21. The van der Waals surface area contributed by atoms with Gasteiger partial charge in [-0.3, -0.25) is 5.32 Å². The highest BCUT2D eigenvalue weighted by atomic mass is 35.5. The number of ether oxygens (including phenoxy) is 2. The van der Waals surface area contributed by atoms with E-state index >= 15 is 0 Å². The minimum atomic E-state index is -0.0330. The molecule has 0 bridgehead atoms. The highest BCUT2D eigenvalue weighted by Crippen LogP contribution is 2.30. The first-order valence-electron chi connectivity index (χ1n) is 6.95. The molecule has 0 saturated heterocycles. The van der Waals surface area contributed by atoms with Gasteiger partial charge in [0.1, 0.15) is 12.0 Å². The predicted molar refractivity (Wildman–Crippen MR) is 86.1 cm³/mol. The molecule has 3 rings (SSSR count). The first-order chi connectivity index (χ1) is 10.3. The molecular weight excluding hydrogens is 306 g/mol.